The molecule has 0 saturated carbocycles. The molecule has 0 aromatic heterocycles. The predicted octanol–water partition coefficient (Wildman–Crippen LogP) is 3.09. The quantitative estimate of drug-likeness (QED) is 0.453. The number of benzene rings is 2. The smallest absolute Gasteiger partial charge is 0.311 e. The fraction of sp³-hybridized carbons (Fsp3) is 0.176. The maximum atomic E-state index is 11.7. The maximum absolute atomic E-state index is 11.7. The first-order valence-corrected chi connectivity index (χ1v) is 7.82. The maximum Gasteiger partial charge on any atom is 0.311 e. The van der Waals surface area contributed by atoms with Crippen molar-refractivity contribution in [1.82, 2.24) is 5.43 Å². The van der Waals surface area contributed by atoms with Crippen LogP contribution in [0.25, 0.3) is 0 Å². The Labute approximate surface area is 154 Å². The number of hydrazone groups is 1. The van der Waals surface area contributed by atoms with E-state index in [9.17, 15) is 14.9 Å². The molecule has 0 spiro atoms. The predicted molar refractivity (Wildman–Crippen MR) is 97.1 cm³/mol. The van der Waals surface area contributed by atoms with Crippen molar-refractivity contribution in [2.45, 2.75) is 6.92 Å². The minimum Gasteiger partial charge on any atom is -0.490 e. The van der Waals surface area contributed by atoms with Crippen LogP contribution in [0, 0.1) is 17.0 Å². The summed E-state index contributed by atoms with van der Waals surface area (Å²) in [5.41, 5.74) is 3.37. The number of methoxy groups -OCH3 is 1. The topological polar surface area (TPSA) is 103 Å². The zero-order valence-electron chi connectivity index (χ0n) is 14.1. The lowest BCUT2D eigenvalue weighted by Gasteiger charge is -2.06. The van der Waals surface area contributed by atoms with E-state index < -0.39 is 10.8 Å². The van der Waals surface area contributed by atoms with Gasteiger partial charge in [-0.15, -0.1) is 0 Å². The van der Waals surface area contributed by atoms with Crippen molar-refractivity contribution in [3.63, 3.8) is 0 Å². The molecule has 1 N–H and O–H groups in total. The van der Waals surface area contributed by atoms with Crippen molar-refractivity contribution in [1.29, 1.82) is 0 Å². The first kappa shape index (κ1) is 19.2. The molecule has 0 aliphatic heterocycles. The number of ether oxygens (including phenoxy) is 2. The second-order valence-corrected chi connectivity index (χ2v) is 5.59. The first-order valence-electron chi connectivity index (χ1n) is 7.44. The molecule has 136 valence electrons. The lowest BCUT2D eigenvalue weighted by Crippen LogP contribution is -2.24. The monoisotopic (exact) mass is 377 g/mol. The van der Waals surface area contributed by atoms with Crippen LogP contribution in [0.2, 0.25) is 5.02 Å². The number of carbonyl (C=O) groups excluding carboxylic acids is 1. The zero-order chi connectivity index (χ0) is 19.1. The van der Waals surface area contributed by atoms with E-state index in [1.807, 2.05) is 6.92 Å². The summed E-state index contributed by atoms with van der Waals surface area (Å²) in [6, 6.07) is 9.37. The number of amides is 1. The van der Waals surface area contributed by atoms with Gasteiger partial charge in [0.25, 0.3) is 5.91 Å². The summed E-state index contributed by atoms with van der Waals surface area (Å²) in [5.74, 6) is 0.177. The molecule has 0 bridgehead atoms. The van der Waals surface area contributed by atoms with Crippen molar-refractivity contribution in [3.05, 3.63) is 62.7 Å². The molecular weight excluding hydrogens is 362 g/mol. The number of carbonyl (C=O) groups is 1. The number of aryl methyl sites for hydroxylation is 1. The Bertz CT molecular complexity index is 854. The summed E-state index contributed by atoms with van der Waals surface area (Å²) < 4.78 is 10.3. The zero-order valence-corrected chi connectivity index (χ0v) is 14.8. The number of hydrogen-bond donors (Lipinski definition) is 1. The molecule has 0 atom stereocenters. The minimum atomic E-state index is -0.559. The van der Waals surface area contributed by atoms with Gasteiger partial charge in [0.05, 0.1) is 18.2 Å². The Morgan fingerprint density at radius 1 is 1.35 bits per heavy atom. The number of nitro groups is 1. The summed E-state index contributed by atoms with van der Waals surface area (Å²) in [6.07, 6.45) is 1.29. The molecular formula is C17H16ClN3O5. The summed E-state index contributed by atoms with van der Waals surface area (Å²) in [6.45, 7) is 1.59. The van der Waals surface area contributed by atoms with E-state index in [1.54, 1.807) is 24.3 Å². The van der Waals surface area contributed by atoms with Crippen LogP contribution in [0.15, 0.2) is 41.5 Å². The molecule has 2 rings (SSSR count). The van der Waals surface area contributed by atoms with Gasteiger partial charge in [-0.3, -0.25) is 14.9 Å². The highest BCUT2D eigenvalue weighted by Gasteiger charge is 2.14. The van der Waals surface area contributed by atoms with E-state index in [2.05, 4.69) is 10.5 Å². The standard InChI is InChI=1S/C17H16ClN3O5/c1-11-7-13(4-5-14(11)18)26-10-17(22)20-19-9-12-3-6-16(25-2)15(8-12)21(23)24/h3-9H,10H2,1-2H3,(H,20,22). The third kappa shape index (κ3) is 5.18. The van der Waals surface area contributed by atoms with Gasteiger partial charge >= 0.3 is 5.69 Å². The van der Waals surface area contributed by atoms with Gasteiger partial charge in [0.2, 0.25) is 0 Å². The second-order valence-electron chi connectivity index (χ2n) is 5.18. The number of rotatable bonds is 7. The molecule has 9 heteroatoms. The molecule has 0 aliphatic rings. The molecule has 2 aromatic carbocycles. The largest absolute Gasteiger partial charge is 0.490 e. The molecule has 0 unspecified atom stereocenters. The lowest BCUT2D eigenvalue weighted by molar-refractivity contribution is -0.385. The Balaban J connectivity index is 1.91. The normalized spacial score (nSPS) is 10.6. The molecule has 26 heavy (non-hydrogen) atoms. The summed E-state index contributed by atoms with van der Waals surface area (Å²) in [4.78, 5) is 22.1. The number of halogens is 1. The van der Waals surface area contributed by atoms with Gasteiger partial charge in [-0.1, -0.05) is 11.6 Å². The van der Waals surface area contributed by atoms with Gasteiger partial charge in [-0.25, -0.2) is 5.43 Å². The van der Waals surface area contributed by atoms with Gasteiger partial charge in [0.15, 0.2) is 12.4 Å². The molecule has 2 aromatic rings. The highest BCUT2D eigenvalue weighted by molar-refractivity contribution is 6.31. The van der Waals surface area contributed by atoms with E-state index in [0.29, 0.717) is 16.3 Å². The highest BCUT2D eigenvalue weighted by atomic mass is 35.5. The van der Waals surface area contributed by atoms with Crippen molar-refractivity contribution in [3.8, 4) is 11.5 Å². The van der Waals surface area contributed by atoms with E-state index in [0.717, 1.165) is 5.56 Å². The van der Waals surface area contributed by atoms with Crippen LogP contribution >= 0.6 is 11.6 Å². The average molecular weight is 378 g/mol. The van der Waals surface area contributed by atoms with E-state index in [1.165, 1.54) is 25.5 Å². The third-order valence-corrected chi connectivity index (χ3v) is 3.73. The van der Waals surface area contributed by atoms with Crippen molar-refractivity contribution < 1.29 is 19.2 Å². The number of nitro benzene ring substituents is 1. The molecule has 0 radical (unpaired) electrons. The SMILES string of the molecule is COc1ccc(C=NNC(=O)COc2ccc(Cl)c(C)c2)cc1[N+](=O)[O-]. The number of hydrogen-bond acceptors (Lipinski definition) is 6. The van der Waals surface area contributed by atoms with Crippen LogP contribution in [0.5, 0.6) is 11.5 Å². The third-order valence-electron chi connectivity index (χ3n) is 3.30. The van der Waals surface area contributed by atoms with Crippen LogP contribution < -0.4 is 14.9 Å². The van der Waals surface area contributed by atoms with Gasteiger partial charge in [-0.05, 0) is 42.8 Å². The second kappa shape index (κ2) is 8.82. The fourth-order valence-corrected chi connectivity index (χ4v) is 2.11. The van der Waals surface area contributed by atoms with Crippen molar-refractivity contribution >= 4 is 29.4 Å². The number of nitrogens with zero attached hydrogens (tertiary/aromatic N) is 2. The summed E-state index contributed by atoms with van der Waals surface area (Å²) >= 11 is 5.92. The van der Waals surface area contributed by atoms with Crippen molar-refractivity contribution in [2.75, 3.05) is 13.7 Å². The lowest BCUT2D eigenvalue weighted by atomic mass is 10.2. The van der Waals surface area contributed by atoms with Gasteiger partial charge in [0.1, 0.15) is 5.75 Å². The summed E-state index contributed by atoms with van der Waals surface area (Å²) in [5, 5.41) is 15.3. The molecule has 0 saturated heterocycles. The molecule has 1 amide bonds. The Morgan fingerprint density at radius 2 is 2.12 bits per heavy atom. The number of nitrogens with one attached hydrogen (secondary N) is 1. The minimum absolute atomic E-state index is 0.142. The summed E-state index contributed by atoms with van der Waals surface area (Å²) in [7, 11) is 1.35. The Morgan fingerprint density at radius 3 is 2.77 bits per heavy atom. The van der Waals surface area contributed by atoms with E-state index in [4.69, 9.17) is 21.1 Å². The molecule has 0 fully saturated rings. The molecule has 0 aliphatic carbocycles. The van der Waals surface area contributed by atoms with Crippen LogP contribution in [0.4, 0.5) is 5.69 Å². The Kier molecular flexibility index (Phi) is 6.51. The van der Waals surface area contributed by atoms with E-state index >= 15 is 0 Å². The van der Waals surface area contributed by atoms with E-state index in [-0.39, 0.29) is 18.0 Å². The Hall–Kier alpha value is -3.13. The average Bonchev–Trinajstić information content (AvgIpc) is 2.62. The van der Waals surface area contributed by atoms with Crippen LogP contribution in [0.3, 0.4) is 0 Å². The molecule has 0 heterocycles. The van der Waals surface area contributed by atoms with Gasteiger partial charge < -0.3 is 9.47 Å². The first-order chi connectivity index (χ1) is 12.4. The van der Waals surface area contributed by atoms with Crippen LogP contribution in [-0.4, -0.2) is 30.8 Å². The molecule has 8 nitrogen and oxygen atoms in total. The van der Waals surface area contributed by atoms with Gasteiger partial charge in [0, 0.05) is 16.7 Å². The van der Waals surface area contributed by atoms with Crippen molar-refractivity contribution in [2.24, 2.45) is 5.10 Å². The highest BCUT2D eigenvalue weighted by Crippen LogP contribution is 2.26. The fourth-order valence-electron chi connectivity index (χ4n) is 2.00. The van der Waals surface area contributed by atoms with Crippen LogP contribution in [-0.2, 0) is 4.79 Å². The van der Waals surface area contributed by atoms with Gasteiger partial charge in [-0.2, -0.15) is 5.10 Å². The van der Waals surface area contributed by atoms with Crippen LogP contribution in [0.1, 0.15) is 11.1 Å².